The maximum absolute atomic E-state index is 12.9. The first-order valence-electron chi connectivity index (χ1n) is 6.92. The molecule has 124 valence electrons. The summed E-state index contributed by atoms with van der Waals surface area (Å²) in [7, 11) is 1.97. The van der Waals surface area contributed by atoms with Gasteiger partial charge < -0.3 is 9.80 Å². The molecule has 9 heteroatoms. The van der Waals surface area contributed by atoms with Crippen molar-refractivity contribution in [2.24, 2.45) is 0 Å². The monoisotopic (exact) mass is 382 g/mol. The fraction of sp³-hybridized carbons (Fsp3) is 0.692. The number of rotatable bonds is 2. The second-order valence-corrected chi connectivity index (χ2v) is 6.29. The number of carbonyl (C=O) groups is 1. The van der Waals surface area contributed by atoms with E-state index in [-0.39, 0.29) is 10.4 Å². The normalized spacial score (nSPS) is 18.6. The Hall–Kier alpha value is -1.09. The lowest BCUT2D eigenvalue weighted by Crippen LogP contribution is -2.49. The topological polar surface area (TPSA) is 41.4 Å². The van der Waals surface area contributed by atoms with Crippen LogP contribution in [0.3, 0.4) is 0 Å². The van der Waals surface area contributed by atoms with Crippen LogP contribution in [-0.2, 0) is 11.0 Å². The summed E-state index contributed by atoms with van der Waals surface area (Å²) in [6, 6.07) is -0.768. The van der Waals surface area contributed by atoms with Crippen LogP contribution >= 0.6 is 15.9 Å². The number of aromatic nitrogens is 2. The first-order chi connectivity index (χ1) is 10.1. The third kappa shape index (κ3) is 3.29. The van der Waals surface area contributed by atoms with E-state index in [9.17, 15) is 18.0 Å². The van der Waals surface area contributed by atoms with Gasteiger partial charge in [-0.1, -0.05) is 0 Å². The number of amides is 1. The van der Waals surface area contributed by atoms with Crippen LogP contribution in [-0.4, -0.2) is 58.7 Å². The number of likely N-dealkylation sites (N-methyl/N-ethyl adjacent to an activating group) is 1. The number of halogens is 4. The average Bonchev–Trinajstić information content (AvgIpc) is 2.74. The van der Waals surface area contributed by atoms with Gasteiger partial charge in [-0.15, -0.1) is 0 Å². The predicted octanol–water partition coefficient (Wildman–Crippen LogP) is 2.31. The minimum atomic E-state index is -4.55. The lowest BCUT2D eigenvalue weighted by atomic mass is 10.2. The van der Waals surface area contributed by atoms with Gasteiger partial charge in [0.25, 0.3) is 0 Å². The summed E-state index contributed by atoms with van der Waals surface area (Å²) < 4.78 is 39.7. The van der Waals surface area contributed by atoms with Crippen molar-refractivity contribution in [2.75, 3.05) is 33.2 Å². The fourth-order valence-electron chi connectivity index (χ4n) is 2.45. The summed E-state index contributed by atoms with van der Waals surface area (Å²) in [5.74, 6) is -0.208. The molecular formula is C13H18BrF3N4O. The molecule has 0 N–H and O–H groups in total. The summed E-state index contributed by atoms with van der Waals surface area (Å²) in [6.07, 6.45) is -4.55. The van der Waals surface area contributed by atoms with Crippen molar-refractivity contribution in [3.63, 3.8) is 0 Å². The van der Waals surface area contributed by atoms with Gasteiger partial charge in [-0.05, 0) is 36.8 Å². The van der Waals surface area contributed by atoms with E-state index in [2.05, 4.69) is 25.9 Å². The Labute approximate surface area is 135 Å². The van der Waals surface area contributed by atoms with Crippen molar-refractivity contribution in [2.45, 2.75) is 26.1 Å². The van der Waals surface area contributed by atoms with Crippen LogP contribution in [0.4, 0.5) is 13.2 Å². The first kappa shape index (κ1) is 17.3. The average molecular weight is 383 g/mol. The molecule has 0 aromatic carbocycles. The molecule has 1 atom stereocenters. The highest BCUT2D eigenvalue weighted by atomic mass is 79.9. The molecule has 0 unspecified atom stereocenters. The van der Waals surface area contributed by atoms with Crippen LogP contribution < -0.4 is 0 Å². The smallest absolute Gasteiger partial charge is 0.338 e. The van der Waals surface area contributed by atoms with Gasteiger partial charge in [-0.3, -0.25) is 9.48 Å². The standard InChI is InChI=1S/C13H18BrF3N4O/c1-8-10(14)11(13(15,16)17)18-21(8)9(2)12(22)20-6-4-19(3)5-7-20/h9H,4-7H2,1-3H3/t9-/m1/s1. The summed E-state index contributed by atoms with van der Waals surface area (Å²) in [4.78, 5) is 16.3. The third-order valence-electron chi connectivity index (χ3n) is 3.88. The van der Waals surface area contributed by atoms with Crippen molar-refractivity contribution in [3.8, 4) is 0 Å². The highest BCUT2D eigenvalue weighted by Crippen LogP contribution is 2.36. The van der Waals surface area contributed by atoms with E-state index in [1.54, 1.807) is 11.8 Å². The molecule has 1 saturated heterocycles. The number of alkyl halides is 3. The molecule has 1 aliphatic rings. The third-order valence-corrected chi connectivity index (χ3v) is 4.83. The number of nitrogens with zero attached hydrogens (tertiary/aromatic N) is 4. The van der Waals surface area contributed by atoms with E-state index in [0.29, 0.717) is 18.8 Å². The largest absolute Gasteiger partial charge is 0.436 e. The summed E-state index contributed by atoms with van der Waals surface area (Å²) in [6.45, 7) is 5.76. The molecule has 1 aliphatic heterocycles. The molecule has 0 aliphatic carbocycles. The highest BCUT2D eigenvalue weighted by molar-refractivity contribution is 9.10. The molecule has 1 aromatic rings. The van der Waals surface area contributed by atoms with Crippen molar-refractivity contribution < 1.29 is 18.0 Å². The second-order valence-electron chi connectivity index (χ2n) is 5.49. The molecule has 0 bridgehead atoms. The first-order valence-corrected chi connectivity index (χ1v) is 7.71. The van der Waals surface area contributed by atoms with E-state index in [0.717, 1.165) is 17.8 Å². The quantitative estimate of drug-likeness (QED) is 0.787. The molecule has 0 saturated carbocycles. The van der Waals surface area contributed by atoms with Crippen LogP contribution in [0.2, 0.25) is 0 Å². The van der Waals surface area contributed by atoms with Crippen LogP contribution in [0.5, 0.6) is 0 Å². The molecule has 1 fully saturated rings. The minimum absolute atomic E-state index is 0.113. The Bertz CT molecular complexity index is 564. The van der Waals surface area contributed by atoms with Crippen LogP contribution in [0, 0.1) is 6.92 Å². The number of hydrogen-bond donors (Lipinski definition) is 0. The van der Waals surface area contributed by atoms with E-state index in [4.69, 9.17) is 0 Å². The fourth-order valence-corrected chi connectivity index (χ4v) is 2.94. The van der Waals surface area contributed by atoms with Crippen molar-refractivity contribution in [1.82, 2.24) is 19.6 Å². The zero-order valence-corrected chi connectivity index (χ0v) is 14.2. The second kappa shape index (κ2) is 6.19. The van der Waals surface area contributed by atoms with E-state index in [1.807, 2.05) is 7.05 Å². The SMILES string of the molecule is Cc1c(Br)c(C(F)(F)F)nn1[C@H](C)C(=O)N1CCN(C)CC1. The molecule has 0 spiro atoms. The van der Waals surface area contributed by atoms with Gasteiger partial charge in [0.05, 0.1) is 10.2 Å². The van der Waals surface area contributed by atoms with Gasteiger partial charge in [0.2, 0.25) is 5.91 Å². The number of carbonyl (C=O) groups excluding carboxylic acids is 1. The van der Waals surface area contributed by atoms with Crippen LogP contribution in [0.1, 0.15) is 24.4 Å². The Kier molecular flexibility index (Phi) is 4.86. The van der Waals surface area contributed by atoms with Gasteiger partial charge in [0.1, 0.15) is 6.04 Å². The van der Waals surface area contributed by atoms with Gasteiger partial charge in [0, 0.05) is 26.2 Å². The van der Waals surface area contributed by atoms with E-state index in [1.165, 1.54) is 6.92 Å². The van der Waals surface area contributed by atoms with Gasteiger partial charge in [0.15, 0.2) is 5.69 Å². The molecule has 1 amide bonds. The molecule has 1 aromatic heterocycles. The van der Waals surface area contributed by atoms with Crippen LogP contribution in [0.15, 0.2) is 4.47 Å². The minimum Gasteiger partial charge on any atom is -0.338 e. The molecule has 22 heavy (non-hydrogen) atoms. The highest BCUT2D eigenvalue weighted by Gasteiger charge is 2.39. The van der Waals surface area contributed by atoms with Gasteiger partial charge in [-0.25, -0.2) is 0 Å². The summed E-state index contributed by atoms with van der Waals surface area (Å²) >= 11 is 2.92. The van der Waals surface area contributed by atoms with Gasteiger partial charge >= 0.3 is 6.18 Å². The van der Waals surface area contributed by atoms with Crippen molar-refractivity contribution in [1.29, 1.82) is 0 Å². The van der Waals surface area contributed by atoms with Crippen LogP contribution in [0.25, 0.3) is 0 Å². The zero-order chi connectivity index (χ0) is 16.7. The van der Waals surface area contributed by atoms with Gasteiger partial charge in [-0.2, -0.15) is 18.3 Å². The number of hydrogen-bond acceptors (Lipinski definition) is 3. The van der Waals surface area contributed by atoms with Crippen molar-refractivity contribution >= 4 is 21.8 Å². The lowest BCUT2D eigenvalue weighted by Gasteiger charge is -2.34. The Morgan fingerprint density at radius 3 is 2.27 bits per heavy atom. The lowest BCUT2D eigenvalue weighted by molar-refractivity contribution is -0.143. The maximum atomic E-state index is 12.9. The van der Waals surface area contributed by atoms with E-state index >= 15 is 0 Å². The van der Waals surface area contributed by atoms with Crippen molar-refractivity contribution in [3.05, 3.63) is 15.9 Å². The molecular weight excluding hydrogens is 365 g/mol. The Morgan fingerprint density at radius 2 is 1.82 bits per heavy atom. The Balaban J connectivity index is 2.22. The number of piperazine rings is 1. The zero-order valence-electron chi connectivity index (χ0n) is 12.6. The maximum Gasteiger partial charge on any atom is 0.436 e. The molecule has 2 rings (SSSR count). The molecule has 5 nitrogen and oxygen atoms in total. The predicted molar refractivity (Wildman–Crippen MR) is 78.5 cm³/mol. The van der Waals surface area contributed by atoms with E-state index < -0.39 is 17.9 Å². The summed E-state index contributed by atoms with van der Waals surface area (Å²) in [5.41, 5.74) is -0.703. The molecule has 2 heterocycles. The summed E-state index contributed by atoms with van der Waals surface area (Å²) in [5, 5.41) is 3.60. The molecule has 0 radical (unpaired) electrons. The Morgan fingerprint density at radius 1 is 1.27 bits per heavy atom.